The lowest BCUT2D eigenvalue weighted by atomic mass is 9.69. The molecule has 1 aliphatic carbocycles. The Morgan fingerprint density at radius 2 is 0.779 bits per heavy atom. The van der Waals surface area contributed by atoms with Crippen LogP contribution >= 0.6 is 0 Å². The molecule has 0 fully saturated rings. The second-order valence-corrected chi connectivity index (χ2v) is 18.1. The van der Waals surface area contributed by atoms with E-state index in [1.165, 1.54) is 27.6 Å². The Morgan fingerprint density at radius 3 is 1.29 bits per heavy atom. The van der Waals surface area contributed by atoms with Crippen LogP contribution in [0.2, 0.25) is 0 Å². The second-order valence-electron chi connectivity index (χ2n) is 18.1. The van der Waals surface area contributed by atoms with Crippen LogP contribution in [0.1, 0.15) is 25.0 Å². The monoisotopic (exact) mass is 870 g/mol. The molecule has 0 unspecified atom stereocenters. The lowest BCUT2D eigenvalue weighted by Gasteiger charge is -2.35. The van der Waals surface area contributed by atoms with Gasteiger partial charge in [0.05, 0.1) is 39.3 Å². The molecular weight excluding hydrogens is 829 g/mol. The molecule has 0 aliphatic heterocycles. The van der Waals surface area contributed by atoms with Gasteiger partial charge < -0.3 is 0 Å². The quantitative estimate of drug-likeness (QED) is 0.160. The van der Waals surface area contributed by atoms with E-state index in [-0.39, 0.29) is 5.41 Å². The van der Waals surface area contributed by atoms with E-state index >= 15 is 0 Å². The number of pyridine rings is 1. The summed E-state index contributed by atoms with van der Waals surface area (Å²) in [6.07, 6.45) is 0. The summed E-state index contributed by atoms with van der Waals surface area (Å²) >= 11 is 0. The maximum atomic E-state index is 5.52. The summed E-state index contributed by atoms with van der Waals surface area (Å²) in [5.41, 5.74) is 17.3. The fourth-order valence-corrected chi connectivity index (χ4v) is 10.3. The maximum absolute atomic E-state index is 5.52. The highest BCUT2D eigenvalue weighted by atomic mass is 15.1. The van der Waals surface area contributed by atoms with E-state index in [4.69, 9.17) is 24.9 Å². The molecule has 4 aromatic heterocycles. The number of nitrogens with zero attached hydrogens (tertiary/aromatic N) is 6. The first-order valence-electron chi connectivity index (χ1n) is 23.1. The van der Waals surface area contributed by atoms with E-state index in [1.54, 1.807) is 0 Å². The summed E-state index contributed by atoms with van der Waals surface area (Å²) in [5.74, 6) is 2.21. The highest BCUT2D eigenvalue weighted by Crippen LogP contribution is 2.49. The molecule has 0 atom stereocenters. The number of hydrogen-bond acceptors (Lipinski definition) is 5. The zero-order valence-electron chi connectivity index (χ0n) is 37.5. The zero-order chi connectivity index (χ0) is 45.3. The Hall–Kier alpha value is -8.87. The fourth-order valence-electron chi connectivity index (χ4n) is 10.3. The molecule has 0 radical (unpaired) electrons. The van der Waals surface area contributed by atoms with Crippen molar-refractivity contribution in [1.29, 1.82) is 0 Å². The maximum Gasteiger partial charge on any atom is 0.160 e. The van der Waals surface area contributed by atoms with Crippen LogP contribution < -0.4 is 0 Å². The number of aromatic nitrogens is 6. The van der Waals surface area contributed by atoms with Crippen LogP contribution in [-0.2, 0) is 5.41 Å². The van der Waals surface area contributed by atoms with Crippen molar-refractivity contribution in [2.24, 2.45) is 0 Å². The highest BCUT2D eigenvalue weighted by Gasteiger charge is 2.34. The largest absolute Gasteiger partial charge is 0.294 e. The van der Waals surface area contributed by atoms with Crippen molar-refractivity contribution >= 4 is 32.7 Å². The van der Waals surface area contributed by atoms with Gasteiger partial charge in [0, 0.05) is 55.0 Å². The van der Waals surface area contributed by atoms with Crippen molar-refractivity contribution in [3.05, 3.63) is 230 Å². The lowest BCUT2D eigenvalue weighted by Crippen LogP contribution is -2.23. The summed E-state index contributed by atoms with van der Waals surface area (Å²) in [5, 5.41) is 3.36. The molecule has 0 amide bonds. The second kappa shape index (κ2) is 15.6. The topological polar surface area (TPSA) is 69.4 Å². The van der Waals surface area contributed by atoms with Gasteiger partial charge in [-0.2, -0.15) is 0 Å². The molecular formula is C62H42N6. The third-order valence-corrected chi connectivity index (χ3v) is 13.6. The van der Waals surface area contributed by atoms with Gasteiger partial charge in [-0.15, -0.1) is 0 Å². The smallest absolute Gasteiger partial charge is 0.160 e. The molecule has 0 saturated carbocycles. The van der Waals surface area contributed by atoms with Crippen molar-refractivity contribution < 1.29 is 0 Å². The highest BCUT2D eigenvalue weighted by molar-refractivity contribution is 6.12. The van der Waals surface area contributed by atoms with Crippen LogP contribution in [0.4, 0.5) is 0 Å². The summed E-state index contributed by atoms with van der Waals surface area (Å²) < 4.78 is 2.33. The third-order valence-electron chi connectivity index (χ3n) is 13.6. The van der Waals surface area contributed by atoms with Crippen LogP contribution in [0.5, 0.6) is 0 Å². The molecule has 1 aliphatic rings. The molecule has 4 heterocycles. The van der Waals surface area contributed by atoms with Gasteiger partial charge in [-0.1, -0.05) is 184 Å². The van der Waals surface area contributed by atoms with E-state index in [2.05, 4.69) is 188 Å². The first kappa shape index (κ1) is 39.5. The summed E-state index contributed by atoms with van der Waals surface area (Å²) in [7, 11) is 0. The van der Waals surface area contributed by atoms with Crippen LogP contribution in [0, 0.1) is 0 Å². The van der Waals surface area contributed by atoms with Gasteiger partial charge >= 0.3 is 0 Å². The molecule has 68 heavy (non-hydrogen) atoms. The minimum absolute atomic E-state index is 0.171. The van der Waals surface area contributed by atoms with Crippen LogP contribution in [0.3, 0.4) is 0 Å². The van der Waals surface area contributed by atoms with Gasteiger partial charge in [0.25, 0.3) is 0 Å². The minimum Gasteiger partial charge on any atom is -0.294 e. The van der Waals surface area contributed by atoms with E-state index < -0.39 is 0 Å². The molecule has 12 aromatic rings. The summed E-state index contributed by atoms with van der Waals surface area (Å²) in [6.45, 7) is 4.65. The Balaban J connectivity index is 1.07. The summed E-state index contributed by atoms with van der Waals surface area (Å²) in [6, 6.07) is 76.5. The average molecular weight is 871 g/mol. The van der Waals surface area contributed by atoms with Crippen molar-refractivity contribution in [3.8, 4) is 84.7 Å². The first-order valence-corrected chi connectivity index (χ1v) is 23.1. The lowest BCUT2D eigenvalue weighted by molar-refractivity contribution is 0.645. The SMILES string of the molecule is CC1(C)c2ccccc2-c2cc(-n3c4ccc(-c5cc(-c6ccccc6)nc(-c6ccccc6)n5)cc4c4cc(-c5cc(-c6ccccc6)nc(-c6ccccc6)n5)ccc43)nc3cccc1c23. The molecule has 6 nitrogen and oxygen atoms in total. The van der Waals surface area contributed by atoms with Gasteiger partial charge in [0.15, 0.2) is 11.6 Å². The van der Waals surface area contributed by atoms with Crippen molar-refractivity contribution in [1.82, 2.24) is 29.5 Å². The molecule has 8 aromatic carbocycles. The van der Waals surface area contributed by atoms with E-state index in [1.807, 2.05) is 48.5 Å². The Labute approximate surface area is 394 Å². The van der Waals surface area contributed by atoms with Crippen LogP contribution in [0.15, 0.2) is 218 Å². The van der Waals surface area contributed by atoms with E-state index in [9.17, 15) is 0 Å². The van der Waals surface area contributed by atoms with Gasteiger partial charge in [0.2, 0.25) is 0 Å². The van der Waals surface area contributed by atoms with Crippen LogP contribution in [0.25, 0.3) is 117 Å². The van der Waals surface area contributed by atoms with Gasteiger partial charge in [0.1, 0.15) is 5.82 Å². The molecule has 0 bridgehead atoms. The number of benzene rings is 8. The van der Waals surface area contributed by atoms with Crippen molar-refractivity contribution in [3.63, 3.8) is 0 Å². The average Bonchev–Trinajstić information content (AvgIpc) is 3.74. The Morgan fingerprint density at radius 1 is 0.338 bits per heavy atom. The van der Waals surface area contributed by atoms with E-state index in [0.29, 0.717) is 11.6 Å². The van der Waals surface area contributed by atoms with Gasteiger partial charge in [-0.05, 0) is 70.8 Å². The van der Waals surface area contributed by atoms with E-state index in [0.717, 1.165) is 89.3 Å². The molecule has 6 heteroatoms. The van der Waals surface area contributed by atoms with Gasteiger partial charge in [-0.25, -0.2) is 24.9 Å². The third kappa shape index (κ3) is 6.52. The molecule has 0 spiro atoms. The zero-order valence-corrected chi connectivity index (χ0v) is 37.5. The predicted molar refractivity (Wildman–Crippen MR) is 277 cm³/mol. The fraction of sp³-hybridized carbons (Fsp3) is 0.0484. The minimum atomic E-state index is -0.171. The van der Waals surface area contributed by atoms with Crippen molar-refractivity contribution in [2.45, 2.75) is 19.3 Å². The summed E-state index contributed by atoms with van der Waals surface area (Å²) in [4.78, 5) is 26.2. The molecule has 0 N–H and O–H groups in total. The molecule has 0 saturated heterocycles. The predicted octanol–water partition coefficient (Wildman–Crippen LogP) is 15.2. The van der Waals surface area contributed by atoms with Crippen molar-refractivity contribution in [2.75, 3.05) is 0 Å². The van der Waals surface area contributed by atoms with Gasteiger partial charge in [-0.3, -0.25) is 4.57 Å². The normalized spacial score (nSPS) is 12.7. The number of hydrogen-bond donors (Lipinski definition) is 0. The molecule has 320 valence electrons. The Kier molecular flexibility index (Phi) is 9.08. The first-order chi connectivity index (χ1) is 33.4. The number of fused-ring (bicyclic) bond motifs is 5. The standard InChI is InChI=1S/C62H42N6/c1-62(2)49-27-16-15-26-45(49)48-36-58(63-51-29-17-28-50(62)59(48)51)68-56-32-30-43(54-37-52(39-18-7-3-8-19-39)64-60(66-54)41-22-11-5-12-23-41)34-46(56)47-35-44(31-33-57(47)68)55-38-53(40-20-9-4-10-21-40)65-61(67-55)42-24-13-6-14-25-42/h3-38H,1-2H3. The number of rotatable bonds is 7. The van der Waals surface area contributed by atoms with Crippen LogP contribution in [-0.4, -0.2) is 29.5 Å². The molecule has 13 rings (SSSR count). The Bertz CT molecular complexity index is 3620.